The highest BCUT2D eigenvalue weighted by Gasteiger charge is 2.13. The van der Waals surface area contributed by atoms with Gasteiger partial charge in [-0.2, -0.15) is 0 Å². The Kier molecular flexibility index (Phi) is 5.38. The molecule has 0 bridgehead atoms. The summed E-state index contributed by atoms with van der Waals surface area (Å²) < 4.78 is 0. The van der Waals surface area contributed by atoms with Crippen molar-refractivity contribution in [1.29, 1.82) is 0 Å². The summed E-state index contributed by atoms with van der Waals surface area (Å²) in [6.45, 7) is 2.51. The molecule has 0 aromatic carbocycles. The minimum Gasteiger partial charge on any atom is -0.480 e. The molecule has 0 aliphatic carbocycles. The molecule has 4 nitrogen and oxygen atoms in total. The van der Waals surface area contributed by atoms with Crippen LogP contribution in [0.5, 0.6) is 0 Å². The van der Waals surface area contributed by atoms with Crippen molar-refractivity contribution in [2.75, 3.05) is 12.3 Å². The minimum atomic E-state index is -0.847. The number of hydrogen-bond donors (Lipinski definition) is 3. The molecule has 4 N–H and O–H groups in total. The Balaban J connectivity index is 3.61. The van der Waals surface area contributed by atoms with Crippen molar-refractivity contribution < 1.29 is 9.90 Å². The van der Waals surface area contributed by atoms with Crippen molar-refractivity contribution in [3.8, 4) is 0 Å². The predicted molar refractivity (Wildman–Crippen MR) is 41.7 cm³/mol. The van der Waals surface area contributed by atoms with Crippen LogP contribution in [0.3, 0.4) is 0 Å². The Hall–Kier alpha value is -0.260. The van der Waals surface area contributed by atoms with E-state index < -0.39 is 12.0 Å². The first-order valence-corrected chi connectivity index (χ1v) is 4.05. The van der Waals surface area contributed by atoms with E-state index in [1.54, 1.807) is 0 Å². The number of carbonyl (C=O) groups is 1. The molecule has 60 valence electrons. The minimum absolute atomic E-state index is 0.406. The second kappa shape index (κ2) is 5.52. The van der Waals surface area contributed by atoms with Gasteiger partial charge < -0.3 is 10.4 Å². The second-order valence-corrected chi connectivity index (χ2v) is 2.45. The molecule has 5 heteroatoms. The summed E-state index contributed by atoms with van der Waals surface area (Å²) in [6.07, 6.45) is 0. The number of hydrogen-bond acceptors (Lipinski definition) is 4. The van der Waals surface area contributed by atoms with Crippen molar-refractivity contribution in [3.05, 3.63) is 0 Å². The van der Waals surface area contributed by atoms with Gasteiger partial charge in [0.2, 0.25) is 0 Å². The summed E-state index contributed by atoms with van der Waals surface area (Å²) in [5, 5.41) is 16.4. The van der Waals surface area contributed by atoms with E-state index in [2.05, 4.69) is 5.32 Å². The van der Waals surface area contributed by atoms with Crippen LogP contribution < -0.4 is 10.5 Å². The van der Waals surface area contributed by atoms with Gasteiger partial charge in [0.25, 0.3) is 0 Å². The molecule has 0 aromatic heterocycles. The van der Waals surface area contributed by atoms with Crippen LogP contribution in [-0.4, -0.2) is 29.4 Å². The number of likely N-dealkylation sites (N-methyl/N-ethyl adjacent to an activating group) is 1. The van der Waals surface area contributed by atoms with Crippen molar-refractivity contribution >= 4 is 17.9 Å². The maximum Gasteiger partial charge on any atom is 0.321 e. The highest BCUT2D eigenvalue weighted by atomic mass is 32.2. The molecular formula is C5H12N2O2S. The molecule has 0 aliphatic rings. The van der Waals surface area contributed by atoms with Crippen LogP contribution in [0.2, 0.25) is 0 Å². The Bertz CT molecular complexity index is 104. The van der Waals surface area contributed by atoms with E-state index in [0.29, 0.717) is 12.3 Å². The van der Waals surface area contributed by atoms with Gasteiger partial charge in [-0.05, 0) is 6.54 Å². The lowest BCUT2D eigenvalue weighted by Crippen LogP contribution is -2.38. The Morgan fingerprint density at radius 1 is 1.90 bits per heavy atom. The van der Waals surface area contributed by atoms with Crippen LogP contribution >= 0.6 is 11.9 Å². The molecule has 0 aliphatic heterocycles. The fourth-order valence-electron chi connectivity index (χ4n) is 0.560. The standard InChI is InChI=1S/C5H12N2O2S/c1-2-7-4(3-10-6)5(8)9/h4,7H,2-3,6H2,1H3,(H,8,9). The first kappa shape index (κ1) is 9.74. The van der Waals surface area contributed by atoms with Gasteiger partial charge >= 0.3 is 5.97 Å². The molecular weight excluding hydrogens is 152 g/mol. The van der Waals surface area contributed by atoms with E-state index >= 15 is 0 Å². The molecule has 0 saturated carbocycles. The molecule has 10 heavy (non-hydrogen) atoms. The zero-order valence-electron chi connectivity index (χ0n) is 5.83. The average Bonchev–Trinajstić information content (AvgIpc) is 1.87. The van der Waals surface area contributed by atoms with Crippen molar-refractivity contribution in [2.24, 2.45) is 5.14 Å². The summed E-state index contributed by atoms with van der Waals surface area (Å²) in [4.78, 5) is 10.3. The van der Waals surface area contributed by atoms with E-state index in [1.807, 2.05) is 6.92 Å². The van der Waals surface area contributed by atoms with Crippen LogP contribution in [0.25, 0.3) is 0 Å². The van der Waals surface area contributed by atoms with Gasteiger partial charge in [0.15, 0.2) is 0 Å². The van der Waals surface area contributed by atoms with E-state index in [1.165, 1.54) is 0 Å². The summed E-state index contributed by atoms with van der Waals surface area (Å²) in [5.41, 5.74) is 0. The van der Waals surface area contributed by atoms with Gasteiger partial charge in [-0.1, -0.05) is 18.9 Å². The van der Waals surface area contributed by atoms with E-state index in [4.69, 9.17) is 10.2 Å². The van der Waals surface area contributed by atoms with Crippen LogP contribution in [0.1, 0.15) is 6.92 Å². The van der Waals surface area contributed by atoms with Gasteiger partial charge in [0.1, 0.15) is 6.04 Å². The Morgan fingerprint density at radius 3 is 2.80 bits per heavy atom. The molecule has 0 rings (SSSR count). The first-order valence-electron chi connectivity index (χ1n) is 3.00. The van der Waals surface area contributed by atoms with Gasteiger partial charge in [-0.3, -0.25) is 9.93 Å². The number of nitrogens with two attached hydrogens (primary N) is 1. The monoisotopic (exact) mass is 164 g/mol. The fraction of sp³-hybridized carbons (Fsp3) is 0.800. The maximum atomic E-state index is 10.3. The molecule has 0 fully saturated rings. The summed E-state index contributed by atoms with van der Waals surface area (Å²) in [5.74, 6) is -0.441. The third-order valence-electron chi connectivity index (χ3n) is 1.01. The van der Waals surface area contributed by atoms with Crippen molar-refractivity contribution in [2.45, 2.75) is 13.0 Å². The largest absolute Gasteiger partial charge is 0.480 e. The lowest BCUT2D eigenvalue weighted by atomic mass is 10.3. The SMILES string of the molecule is CCNC(CSN)C(=O)O. The zero-order valence-corrected chi connectivity index (χ0v) is 6.65. The summed E-state index contributed by atoms with van der Waals surface area (Å²) in [7, 11) is 0. The smallest absolute Gasteiger partial charge is 0.321 e. The molecule has 0 radical (unpaired) electrons. The second-order valence-electron chi connectivity index (χ2n) is 1.78. The summed E-state index contributed by atoms with van der Waals surface area (Å²) in [6, 6.07) is -0.514. The number of nitrogens with one attached hydrogen (secondary N) is 1. The molecule has 0 heterocycles. The maximum absolute atomic E-state index is 10.3. The van der Waals surface area contributed by atoms with Gasteiger partial charge in [-0.25, -0.2) is 0 Å². The van der Waals surface area contributed by atoms with Crippen LogP contribution in [0.4, 0.5) is 0 Å². The number of aliphatic carboxylic acids is 1. The Labute approximate surface area is 64.3 Å². The number of carboxylic acids is 1. The third kappa shape index (κ3) is 3.71. The lowest BCUT2D eigenvalue weighted by molar-refractivity contribution is -0.138. The molecule has 0 saturated heterocycles. The molecule has 0 amide bonds. The molecule has 0 spiro atoms. The highest BCUT2D eigenvalue weighted by molar-refractivity contribution is 7.97. The summed E-state index contributed by atoms with van der Waals surface area (Å²) >= 11 is 1.03. The van der Waals surface area contributed by atoms with Gasteiger partial charge in [0.05, 0.1) is 0 Å². The number of rotatable bonds is 5. The quantitative estimate of drug-likeness (QED) is 0.484. The first-order chi connectivity index (χ1) is 4.72. The normalized spacial score (nSPS) is 13.0. The van der Waals surface area contributed by atoms with Crippen molar-refractivity contribution in [1.82, 2.24) is 5.32 Å². The predicted octanol–water partition coefficient (Wildman–Crippen LogP) is -0.344. The zero-order chi connectivity index (χ0) is 7.98. The Morgan fingerprint density at radius 2 is 2.50 bits per heavy atom. The van der Waals surface area contributed by atoms with E-state index in [0.717, 1.165) is 11.9 Å². The molecule has 0 aromatic rings. The van der Waals surface area contributed by atoms with E-state index in [9.17, 15) is 4.79 Å². The third-order valence-corrected chi connectivity index (χ3v) is 1.54. The van der Waals surface area contributed by atoms with Crippen LogP contribution in [-0.2, 0) is 4.79 Å². The van der Waals surface area contributed by atoms with Crippen LogP contribution in [0, 0.1) is 0 Å². The molecule has 1 unspecified atom stereocenters. The number of carboxylic acid groups (broad SMARTS) is 1. The van der Waals surface area contributed by atoms with Gasteiger partial charge in [-0.15, -0.1) is 0 Å². The molecule has 1 atom stereocenters. The van der Waals surface area contributed by atoms with Crippen molar-refractivity contribution in [3.63, 3.8) is 0 Å². The highest BCUT2D eigenvalue weighted by Crippen LogP contribution is 1.92. The van der Waals surface area contributed by atoms with E-state index in [-0.39, 0.29) is 0 Å². The fourth-order valence-corrected chi connectivity index (χ4v) is 1.01. The van der Waals surface area contributed by atoms with Crippen LogP contribution in [0.15, 0.2) is 0 Å². The lowest BCUT2D eigenvalue weighted by Gasteiger charge is -2.09. The topological polar surface area (TPSA) is 75.3 Å². The average molecular weight is 164 g/mol. The van der Waals surface area contributed by atoms with Gasteiger partial charge in [0, 0.05) is 5.75 Å².